The Morgan fingerprint density at radius 2 is 1.82 bits per heavy atom. The van der Waals surface area contributed by atoms with E-state index in [-0.39, 0.29) is 0 Å². The molecule has 0 amide bonds. The van der Waals surface area contributed by atoms with Crippen LogP contribution in [0.25, 0.3) is 0 Å². The van der Waals surface area contributed by atoms with Gasteiger partial charge in [0.25, 0.3) is 0 Å². The molecule has 1 rings (SSSR count). The summed E-state index contributed by atoms with van der Waals surface area (Å²) < 4.78 is 0.459. The van der Waals surface area contributed by atoms with E-state index in [1.807, 2.05) is 37.4 Å². The van der Waals surface area contributed by atoms with Gasteiger partial charge in [-0.2, -0.15) is 5.84 Å². The number of benzene rings is 1. The highest BCUT2D eigenvalue weighted by Gasteiger charge is 2.15. The van der Waals surface area contributed by atoms with E-state index in [9.17, 15) is 0 Å². The van der Waals surface area contributed by atoms with Crippen molar-refractivity contribution in [2.45, 2.75) is 6.92 Å². The zero-order chi connectivity index (χ0) is 8.32. The molecule has 0 saturated heterocycles. The molecular formula is C9H15N2+. The number of hydrogen-bond acceptors (Lipinski definition) is 1. The Hall–Kier alpha value is -0.860. The van der Waals surface area contributed by atoms with Gasteiger partial charge in [0.1, 0.15) is 0 Å². The fourth-order valence-corrected chi connectivity index (χ4v) is 0.951. The summed E-state index contributed by atoms with van der Waals surface area (Å²) in [6.45, 7) is 2.98. The maximum Gasteiger partial charge on any atom is 0.151 e. The van der Waals surface area contributed by atoms with Gasteiger partial charge in [0.2, 0.25) is 0 Å². The van der Waals surface area contributed by atoms with Crippen molar-refractivity contribution in [2.24, 2.45) is 5.84 Å². The molecule has 2 nitrogen and oxygen atoms in total. The predicted molar refractivity (Wildman–Crippen MR) is 48.9 cm³/mol. The first-order valence-corrected chi connectivity index (χ1v) is 3.86. The predicted octanol–water partition coefficient (Wildman–Crippen LogP) is 1.52. The first kappa shape index (κ1) is 8.24. The second-order valence-corrected chi connectivity index (χ2v) is 2.92. The summed E-state index contributed by atoms with van der Waals surface area (Å²) in [5.41, 5.74) is 1.15. The monoisotopic (exact) mass is 151 g/mol. The summed E-state index contributed by atoms with van der Waals surface area (Å²) in [6, 6.07) is 10.1. The quantitative estimate of drug-likeness (QED) is 0.387. The molecule has 0 bridgehead atoms. The van der Waals surface area contributed by atoms with Crippen molar-refractivity contribution in [1.82, 2.24) is 4.59 Å². The molecule has 0 fully saturated rings. The minimum atomic E-state index is 0.459. The van der Waals surface area contributed by atoms with Gasteiger partial charge >= 0.3 is 0 Å². The SMILES string of the molecule is CC[N@+](C)(N)c1ccccc1. The van der Waals surface area contributed by atoms with E-state index in [1.165, 1.54) is 0 Å². The number of para-hydroxylation sites is 1. The number of quaternary nitrogens is 1. The second kappa shape index (κ2) is 3.03. The van der Waals surface area contributed by atoms with Gasteiger partial charge in [-0.1, -0.05) is 18.2 Å². The van der Waals surface area contributed by atoms with Crippen LogP contribution in [0.1, 0.15) is 6.92 Å². The molecular weight excluding hydrogens is 136 g/mol. The summed E-state index contributed by atoms with van der Waals surface area (Å²) in [5, 5.41) is 0. The fraction of sp³-hybridized carbons (Fsp3) is 0.333. The maximum absolute atomic E-state index is 5.97. The van der Waals surface area contributed by atoms with Crippen LogP contribution in [0.5, 0.6) is 0 Å². The molecule has 1 aromatic carbocycles. The van der Waals surface area contributed by atoms with Crippen molar-refractivity contribution in [3.63, 3.8) is 0 Å². The molecule has 0 radical (unpaired) electrons. The lowest BCUT2D eigenvalue weighted by molar-refractivity contribution is 0.361. The van der Waals surface area contributed by atoms with Gasteiger partial charge in [-0.3, -0.25) is 0 Å². The van der Waals surface area contributed by atoms with Gasteiger partial charge in [0.15, 0.2) is 5.69 Å². The van der Waals surface area contributed by atoms with Gasteiger partial charge in [0.05, 0.1) is 13.6 Å². The lowest BCUT2D eigenvalue weighted by Crippen LogP contribution is -2.51. The molecule has 0 spiro atoms. The summed E-state index contributed by atoms with van der Waals surface area (Å²) in [4.78, 5) is 0. The van der Waals surface area contributed by atoms with Gasteiger partial charge in [-0.05, 0) is 6.92 Å². The summed E-state index contributed by atoms with van der Waals surface area (Å²) >= 11 is 0. The third-order valence-electron chi connectivity index (χ3n) is 2.00. The molecule has 0 aliphatic heterocycles. The zero-order valence-electron chi connectivity index (χ0n) is 7.12. The van der Waals surface area contributed by atoms with E-state index in [0.29, 0.717) is 4.59 Å². The van der Waals surface area contributed by atoms with E-state index in [1.54, 1.807) is 0 Å². The van der Waals surface area contributed by atoms with Crippen molar-refractivity contribution < 1.29 is 0 Å². The molecule has 1 aromatic rings. The van der Waals surface area contributed by atoms with E-state index >= 15 is 0 Å². The third-order valence-corrected chi connectivity index (χ3v) is 2.00. The highest BCUT2D eigenvalue weighted by Crippen LogP contribution is 2.14. The van der Waals surface area contributed by atoms with Gasteiger partial charge in [-0.15, -0.1) is 0 Å². The van der Waals surface area contributed by atoms with Crippen molar-refractivity contribution in [2.75, 3.05) is 13.6 Å². The average Bonchev–Trinajstić information content (AvgIpc) is 2.06. The summed E-state index contributed by atoms with van der Waals surface area (Å²) in [6.07, 6.45) is 0. The Labute approximate surface area is 67.8 Å². The molecule has 0 heterocycles. The van der Waals surface area contributed by atoms with Crippen molar-refractivity contribution in [1.29, 1.82) is 0 Å². The Bertz CT molecular complexity index is 216. The van der Waals surface area contributed by atoms with Crippen LogP contribution in [0.15, 0.2) is 30.3 Å². The molecule has 1 atom stereocenters. The number of rotatable bonds is 2. The molecule has 2 N–H and O–H groups in total. The van der Waals surface area contributed by atoms with Crippen LogP contribution in [-0.4, -0.2) is 13.6 Å². The molecule has 0 aliphatic rings. The normalized spacial score (nSPS) is 15.9. The van der Waals surface area contributed by atoms with Crippen LogP contribution in [-0.2, 0) is 0 Å². The van der Waals surface area contributed by atoms with Crippen molar-refractivity contribution >= 4 is 5.69 Å². The Morgan fingerprint density at radius 3 is 2.27 bits per heavy atom. The van der Waals surface area contributed by atoms with Gasteiger partial charge in [0, 0.05) is 12.1 Å². The number of nitrogens with two attached hydrogens (primary N) is 1. The second-order valence-electron chi connectivity index (χ2n) is 2.92. The topological polar surface area (TPSA) is 26.0 Å². The summed E-state index contributed by atoms with van der Waals surface area (Å²) in [5.74, 6) is 5.97. The van der Waals surface area contributed by atoms with Crippen molar-refractivity contribution in [3.8, 4) is 0 Å². The Balaban J connectivity index is 2.93. The lowest BCUT2D eigenvalue weighted by Gasteiger charge is -2.25. The average molecular weight is 151 g/mol. The molecule has 0 saturated carbocycles. The van der Waals surface area contributed by atoms with Crippen LogP contribution in [0.2, 0.25) is 0 Å². The number of nitrogens with zero attached hydrogens (tertiary/aromatic N) is 1. The van der Waals surface area contributed by atoms with Gasteiger partial charge < -0.3 is 0 Å². The highest BCUT2D eigenvalue weighted by atomic mass is 15.6. The molecule has 0 aromatic heterocycles. The van der Waals surface area contributed by atoms with E-state index in [4.69, 9.17) is 5.84 Å². The van der Waals surface area contributed by atoms with Crippen molar-refractivity contribution in [3.05, 3.63) is 30.3 Å². The van der Waals surface area contributed by atoms with Crippen LogP contribution >= 0.6 is 0 Å². The maximum atomic E-state index is 5.97. The van der Waals surface area contributed by atoms with Crippen LogP contribution < -0.4 is 10.4 Å². The smallest absolute Gasteiger partial charge is 0.151 e. The standard InChI is InChI=1S/C9H15N2/c1-3-11(2,10)9-7-5-4-6-8-9/h4-8H,3,10H2,1-2H3/q+1/t11-/m0/s1. The van der Waals surface area contributed by atoms with Gasteiger partial charge in [-0.25, -0.2) is 4.59 Å². The number of hydrogen-bond donors (Lipinski definition) is 1. The minimum absolute atomic E-state index is 0.459. The Morgan fingerprint density at radius 1 is 1.27 bits per heavy atom. The van der Waals surface area contributed by atoms with E-state index in [2.05, 4.69) is 6.92 Å². The van der Waals surface area contributed by atoms with Crippen LogP contribution in [0, 0.1) is 0 Å². The highest BCUT2D eigenvalue weighted by molar-refractivity contribution is 5.40. The molecule has 2 heteroatoms. The molecule has 0 unspecified atom stereocenters. The van der Waals surface area contributed by atoms with E-state index < -0.39 is 0 Å². The first-order chi connectivity index (χ1) is 5.17. The Kier molecular flexibility index (Phi) is 2.27. The van der Waals surface area contributed by atoms with Crippen LogP contribution in [0.3, 0.4) is 0 Å². The van der Waals surface area contributed by atoms with Crippen LogP contribution in [0.4, 0.5) is 5.69 Å². The molecule has 60 valence electrons. The molecule has 11 heavy (non-hydrogen) atoms. The van der Waals surface area contributed by atoms with E-state index in [0.717, 1.165) is 12.2 Å². The minimum Gasteiger partial charge on any atom is -0.219 e. The fourth-order valence-electron chi connectivity index (χ4n) is 0.951. The molecule has 0 aliphatic carbocycles. The largest absolute Gasteiger partial charge is 0.219 e. The summed E-state index contributed by atoms with van der Waals surface area (Å²) in [7, 11) is 2.00. The lowest BCUT2D eigenvalue weighted by atomic mass is 10.3. The third kappa shape index (κ3) is 1.79. The zero-order valence-corrected chi connectivity index (χ0v) is 7.12. The first-order valence-electron chi connectivity index (χ1n) is 3.86.